The SMILES string of the molecule is Cc1cc(NCc2cccc([N+](=O)[O-])c2Br)ccc1F. The van der Waals surface area contributed by atoms with E-state index in [2.05, 4.69) is 21.2 Å². The third-order valence-corrected chi connectivity index (χ3v) is 3.81. The van der Waals surface area contributed by atoms with E-state index in [9.17, 15) is 14.5 Å². The van der Waals surface area contributed by atoms with Gasteiger partial charge in [-0.1, -0.05) is 12.1 Å². The van der Waals surface area contributed by atoms with Crippen molar-refractivity contribution in [3.05, 3.63) is 67.9 Å². The van der Waals surface area contributed by atoms with Crippen LogP contribution in [0.1, 0.15) is 11.1 Å². The van der Waals surface area contributed by atoms with Gasteiger partial charge in [0.25, 0.3) is 5.69 Å². The van der Waals surface area contributed by atoms with Gasteiger partial charge in [-0.2, -0.15) is 0 Å². The van der Waals surface area contributed by atoms with Crippen LogP contribution in [0.2, 0.25) is 0 Å². The average molecular weight is 339 g/mol. The summed E-state index contributed by atoms with van der Waals surface area (Å²) < 4.78 is 13.6. The number of nitrogens with one attached hydrogen (secondary N) is 1. The van der Waals surface area contributed by atoms with E-state index in [1.165, 1.54) is 12.1 Å². The van der Waals surface area contributed by atoms with E-state index in [-0.39, 0.29) is 11.5 Å². The van der Waals surface area contributed by atoms with Crippen molar-refractivity contribution in [2.45, 2.75) is 13.5 Å². The number of hydrogen-bond donors (Lipinski definition) is 1. The highest BCUT2D eigenvalue weighted by Gasteiger charge is 2.14. The molecule has 2 aromatic rings. The summed E-state index contributed by atoms with van der Waals surface area (Å²) in [6, 6.07) is 9.58. The van der Waals surface area contributed by atoms with Gasteiger partial charge in [-0.05, 0) is 52.2 Å². The van der Waals surface area contributed by atoms with Gasteiger partial charge in [0.2, 0.25) is 0 Å². The Hall–Kier alpha value is -1.95. The molecule has 20 heavy (non-hydrogen) atoms. The van der Waals surface area contributed by atoms with Crippen LogP contribution in [0.3, 0.4) is 0 Å². The number of halogens is 2. The lowest BCUT2D eigenvalue weighted by molar-refractivity contribution is -0.385. The second kappa shape index (κ2) is 6.00. The van der Waals surface area contributed by atoms with Gasteiger partial charge < -0.3 is 5.32 Å². The Bertz CT molecular complexity index is 662. The fourth-order valence-electron chi connectivity index (χ4n) is 1.80. The fraction of sp³-hybridized carbons (Fsp3) is 0.143. The maximum Gasteiger partial charge on any atom is 0.283 e. The Labute approximate surface area is 123 Å². The average Bonchev–Trinajstić information content (AvgIpc) is 2.41. The van der Waals surface area contributed by atoms with Gasteiger partial charge >= 0.3 is 0 Å². The molecule has 2 rings (SSSR count). The van der Waals surface area contributed by atoms with Crippen molar-refractivity contribution in [3.63, 3.8) is 0 Å². The molecule has 0 amide bonds. The van der Waals surface area contributed by atoms with Crippen molar-refractivity contribution in [1.82, 2.24) is 0 Å². The topological polar surface area (TPSA) is 55.2 Å². The third-order valence-electron chi connectivity index (χ3n) is 2.90. The molecule has 0 fully saturated rings. The van der Waals surface area contributed by atoms with Crippen LogP contribution in [0.15, 0.2) is 40.9 Å². The predicted octanol–water partition coefficient (Wildman–Crippen LogP) is 4.42. The van der Waals surface area contributed by atoms with Crippen LogP contribution in [-0.2, 0) is 6.54 Å². The second-order valence-electron chi connectivity index (χ2n) is 4.32. The van der Waals surface area contributed by atoms with Gasteiger partial charge in [0, 0.05) is 18.3 Å². The van der Waals surface area contributed by atoms with Crippen LogP contribution in [0.5, 0.6) is 0 Å². The van der Waals surface area contributed by atoms with E-state index in [1.807, 2.05) is 0 Å². The summed E-state index contributed by atoms with van der Waals surface area (Å²) in [4.78, 5) is 10.4. The maximum atomic E-state index is 13.2. The summed E-state index contributed by atoms with van der Waals surface area (Å²) in [6.45, 7) is 2.09. The van der Waals surface area contributed by atoms with Gasteiger partial charge in [-0.3, -0.25) is 10.1 Å². The van der Waals surface area contributed by atoms with Gasteiger partial charge in [-0.15, -0.1) is 0 Å². The molecule has 0 aliphatic rings. The zero-order valence-corrected chi connectivity index (χ0v) is 12.3. The van der Waals surface area contributed by atoms with Crippen molar-refractivity contribution in [2.75, 3.05) is 5.32 Å². The number of nitro benzene ring substituents is 1. The fourth-order valence-corrected chi connectivity index (χ4v) is 2.35. The molecule has 4 nitrogen and oxygen atoms in total. The normalized spacial score (nSPS) is 10.3. The molecule has 104 valence electrons. The van der Waals surface area contributed by atoms with Crippen LogP contribution in [0.4, 0.5) is 15.8 Å². The second-order valence-corrected chi connectivity index (χ2v) is 5.12. The molecule has 0 radical (unpaired) electrons. The van der Waals surface area contributed by atoms with Crippen molar-refractivity contribution >= 4 is 27.3 Å². The molecule has 6 heteroatoms. The smallest absolute Gasteiger partial charge is 0.283 e. The molecular weight excluding hydrogens is 327 g/mol. The van der Waals surface area contributed by atoms with Crippen molar-refractivity contribution < 1.29 is 9.31 Å². The summed E-state index contributed by atoms with van der Waals surface area (Å²) in [5.74, 6) is -0.257. The highest BCUT2D eigenvalue weighted by Crippen LogP contribution is 2.28. The number of anilines is 1. The van der Waals surface area contributed by atoms with E-state index in [0.29, 0.717) is 16.6 Å². The Morgan fingerprint density at radius 2 is 2.10 bits per heavy atom. The van der Waals surface area contributed by atoms with Crippen molar-refractivity contribution in [1.29, 1.82) is 0 Å². The molecule has 0 atom stereocenters. The molecule has 0 saturated carbocycles. The van der Waals surface area contributed by atoms with Crippen LogP contribution >= 0.6 is 15.9 Å². The largest absolute Gasteiger partial charge is 0.381 e. The third kappa shape index (κ3) is 3.14. The first-order valence-corrected chi connectivity index (χ1v) is 6.70. The van der Waals surface area contributed by atoms with E-state index in [4.69, 9.17) is 0 Å². The number of nitro groups is 1. The van der Waals surface area contributed by atoms with Gasteiger partial charge in [0.05, 0.1) is 4.92 Å². The number of aryl methyl sites for hydroxylation is 1. The number of hydrogen-bond acceptors (Lipinski definition) is 3. The Morgan fingerprint density at radius 3 is 2.75 bits per heavy atom. The van der Waals surface area contributed by atoms with Crippen LogP contribution in [0, 0.1) is 22.9 Å². The van der Waals surface area contributed by atoms with Gasteiger partial charge in [0.15, 0.2) is 0 Å². The van der Waals surface area contributed by atoms with Crippen LogP contribution in [0.25, 0.3) is 0 Å². The number of benzene rings is 2. The Kier molecular flexibility index (Phi) is 4.34. The highest BCUT2D eigenvalue weighted by atomic mass is 79.9. The first-order chi connectivity index (χ1) is 9.49. The quantitative estimate of drug-likeness (QED) is 0.663. The molecule has 1 N–H and O–H groups in total. The zero-order chi connectivity index (χ0) is 14.7. The minimum absolute atomic E-state index is 0.0274. The zero-order valence-electron chi connectivity index (χ0n) is 10.7. The number of nitrogens with zero attached hydrogens (tertiary/aromatic N) is 1. The number of rotatable bonds is 4. The minimum atomic E-state index is -0.435. The Balaban J connectivity index is 2.17. The van der Waals surface area contributed by atoms with E-state index in [0.717, 1.165) is 11.3 Å². The lowest BCUT2D eigenvalue weighted by Crippen LogP contribution is -2.02. The lowest BCUT2D eigenvalue weighted by Gasteiger charge is -2.09. The summed E-state index contributed by atoms with van der Waals surface area (Å²) in [5, 5.41) is 14.0. The summed E-state index contributed by atoms with van der Waals surface area (Å²) in [6.07, 6.45) is 0. The molecule has 0 spiro atoms. The summed E-state index contributed by atoms with van der Waals surface area (Å²) >= 11 is 3.24. The lowest BCUT2D eigenvalue weighted by atomic mass is 10.1. The molecule has 0 aliphatic heterocycles. The monoisotopic (exact) mass is 338 g/mol. The molecule has 0 bridgehead atoms. The highest BCUT2D eigenvalue weighted by molar-refractivity contribution is 9.10. The molecular formula is C14H12BrFN2O2. The van der Waals surface area contributed by atoms with Gasteiger partial charge in [-0.25, -0.2) is 4.39 Å². The molecule has 0 aliphatic carbocycles. The molecule has 0 heterocycles. The van der Waals surface area contributed by atoms with Crippen molar-refractivity contribution in [3.8, 4) is 0 Å². The molecule has 0 saturated heterocycles. The van der Waals surface area contributed by atoms with E-state index < -0.39 is 4.92 Å². The first kappa shape index (κ1) is 14.5. The summed E-state index contributed by atoms with van der Waals surface area (Å²) in [5.41, 5.74) is 2.11. The maximum absolute atomic E-state index is 13.2. The van der Waals surface area contributed by atoms with Gasteiger partial charge in [0.1, 0.15) is 10.3 Å². The van der Waals surface area contributed by atoms with Crippen LogP contribution < -0.4 is 5.32 Å². The molecule has 0 unspecified atom stereocenters. The van der Waals surface area contributed by atoms with E-state index in [1.54, 1.807) is 31.2 Å². The summed E-state index contributed by atoms with van der Waals surface area (Å²) in [7, 11) is 0. The van der Waals surface area contributed by atoms with Crippen molar-refractivity contribution in [2.24, 2.45) is 0 Å². The van der Waals surface area contributed by atoms with E-state index >= 15 is 0 Å². The first-order valence-electron chi connectivity index (χ1n) is 5.91. The van der Waals surface area contributed by atoms with Crippen LogP contribution in [-0.4, -0.2) is 4.92 Å². The standard InChI is InChI=1S/C14H12BrFN2O2/c1-9-7-11(5-6-12(9)16)17-8-10-3-2-4-13(14(10)15)18(19)20/h2-7,17H,8H2,1H3. The Morgan fingerprint density at radius 1 is 1.35 bits per heavy atom. The molecule has 2 aromatic carbocycles. The minimum Gasteiger partial charge on any atom is -0.381 e. The predicted molar refractivity (Wildman–Crippen MR) is 79.3 cm³/mol. The molecule has 0 aromatic heterocycles.